The molecule has 0 atom stereocenters. The quantitative estimate of drug-likeness (QED) is 0.690. The Bertz CT molecular complexity index is 466. The van der Waals surface area contributed by atoms with Gasteiger partial charge in [-0.1, -0.05) is 6.92 Å². The minimum absolute atomic E-state index is 0.0760. The lowest BCUT2D eigenvalue weighted by Gasteiger charge is -2.16. The van der Waals surface area contributed by atoms with E-state index in [2.05, 4.69) is 17.6 Å². The maximum atomic E-state index is 11.7. The van der Waals surface area contributed by atoms with E-state index in [0.717, 1.165) is 12.2 Å². The van der Waals surface area contributed by atoms with E-state index >= 15 is 0 Å². The molecule has 0 aromatic heterocycles. The van der Waals surface area contributed by atoms with Crippen molar-refractivity contribution in [1.82, 2.24) is 5.32 Å². The van der Waals surface area contributed by atoms with E-state index in [-0.39, 0.29) is 5.91 Å². The fourth-order valence-electron chi connectivity index (χ4n) is 2.24. The van der Waals surface area contributed by atoms with Crippen LogP contribution in [0.4, 0.5) is 11.4 Å². The second-order valence-electron chi connectivity index (χ2n) is 5.37. The van der Waals surface area contributed by atoms with Crippen LogP contribution in [0.5, 0.6) is 0 Å². The molecule has 1 amide bonds. The number of benzene rings is 1. The van der Waals surface area contributed by atoms with Crippen molar-refractivity contribution in [3.8, 4) is 0 Å². The Balaban J connectivity index is 2.01. The van der Waals surface area contributed by atoms with Gasteiger partial charge in [-0.05, 0) is 49.8 Å². The predicted octanol–water partition coefficient (Wildman–Crippen LogP) is 2.62. The fraction of sp³-hybridized carbons (Fsp3) is 0.533. The van der Waals surface area contributed by atoms with Gasteiger partial charge in [0.15, 0.2) is 0 Å². The number of carbonyl (C=O) groups excluding carboxylic acids is 1. The van der Waals surface area contributed by atoms with Crippen molar-refractivity contribution in [3.05, 3.63) is 23.8 Å². The summed E-state index contributed by atoms with van der Waals surface area (Å²) in [6.07, 6.45) is 3.80. The van der Waals surface area contributed by atoms with Crippen LogP contribution >= 0.6 is 0 Å². The smallest absolute Gasteiger partial charge is 0.251 e. The number of hydrogen-bond acceptors (Lipinski definition) is 3. The van der Waals surface area contributed by atoms with Crippen LogP contribution in [0, 0.1) is 5.41 Å². The number of nitrogens with two attached hydrogens (primary N) is 1. The third-order valence-electron chi connectivity index (χ3n) is 4.01. The fourth-order valence-corrected chi connectivity index (χ4v) is 2.24. The number of amides is 1. The molecule has 0 saturated heterocycles. The lowest BCUT2D eigenvalue weighted by molar-refractivity contribution is 0.0956. The highest BCUT2D eigenvalue weighted by Crippen LogP contribution is 2.48. The topological polar surface area (TPSA) is 67.2 Å². The molecule has 2 rings (SSSR count). The van der Waals surface area contributed by atoms with Crippen LogP contribution in [-0.4, -0.2) is 19.0 Å². The van der Waals surface area contributed by atoms with Crippen LogP contribution in [0.2, 0.25) is 0 Å². The van der Waals surface area contributed by atoms with Crippen LogP contribution in [-0.2, 0) is 0 Å². The first-order valence-electron chi connectivity index (χ1n) is 7.02. The molecule has 1 aliphatic rings. The van der Waals surface area contributed by atoms with Crippen molar-refractivity contribution in [2.45, 2.75) is 33.1 Å². The van der Waals surface area contributed by atoms with Crippen LogP contribution in [0.15, 0.2) is 18.2 Å². The van der Waals surface area contributed by atoms with Crippen molar-refractivity contribution in [2.75, 3.05) is 24.1 Å². The Hall–Kier alpha value is -1.71. The van der Waals surface area contributed by atoms with Crippen LogP contribution in [0.1, 0.15) is 43.5 Å². The van der Waals surface area contributed by atoms with Gasteiger partial charge in [0.05, 0.1) is 11.4 Å². The second-order valence-corrected chi connectivity index (χ2v) is 5.37. The number of anilines is 2. The molecule has 0 unspecified atom stereocenters. The highest BCUT2D eigenvalue weighted by Gasteiger charge is 2.40. The first-order valence-corrected chi connectivity index (χ1v) is 7.02. The summed E-state index contributed by atoms with van der Waals surface area (Å²) < 4.78 is 0. The van der Waals surface area contributed by atoms with E-state index in [1.807, 2.05) is 19.1 Å². The highest BCUT2D eigenvalue weighted by molar-refractivity contribution is 5.96. The highest BCUT2D eigenvalue weighted by atomic mass is 16.1. The molecule has 0 spiro atoms. The summed E-state index contributed by atoms with van der Waals surface area (Å²) in [6.45, 7) is 5.72. The Morgan fingerprint density at radius 3 is 2.63 bits per heavy atom. The third-order valence-corrected chi connectivity index (χ3v) is 4.01. The molecule has 1 aliphatic carbocycles. The van der Waals surface area contributed by atoms with E-state index < -0.39 is 0 Å². The molecule has 1 saturated carbocycles. The minimum Gasteiger partial charge on any atom is -0.397 e. The molecule has 0 aliphatic heterocycles. The zero-order chi connectivity index (χ0) is 13.9. The first kappa shape index (κ1) is 13.7. The zero-order valence-electron chi connectivity index (χ0n) is 11.8. The number of hydrogen-bond donors (Lipinski definition) is 3. The van der Waals surface area contributed by atoms with Crippen molar-refractivity contribution in [2.24, 2.45) is 5.41 Å². The maximum Gasteiger partial charge on any atom is 0.251 e. The molecule has 4 N–H and O–H groups in total. The first-order chi connectivity index (χ1) is 9.10. The summed E-state index contributed by atoms with van der Waals surface area (Å²) in [5.74, 6) is -0.0760. The lowest BCUT2D eigenvalue weighted by atomic mass is 10.0. The maximum absolute atomic E-state index is 11.7. The van der Waals surface area contributed by atoms with E-state index in [1.165, 1.54) is 19.3 Å². The molecule has 4 heteroatoms. The molecule has 0 heterocycles. The average molecular weight is 261 g/mol. The number of rotatable bonds is 6. The summed E-state index contributed by atoms with van der Waals surface area (Å²) in [7, 11) is 0. The number of nitrogen functional groups attached to an aromatic ring is 1. The van der Waals surface area contributed by atoms with Crippen molar-refractivity contribution < 1.29 is 4.79 Å². The third kappa shape index (κ3) is 3.19. The lowest BCUT2D eigenvalue weighted by Crippen LogP contribution is -2.23. The van der Waals surface area contributed by atoms with Gasteiger partial charge in [0, 0.05) is 18.7 Å². The molecule has 1 aromatic rings. The van der Waals surface area contributed by atoms with Crippen molar-refractivity contribution >= 4 is 17.3 Å². The van der Waals surface area contributed by atoms with E-state index in [1.54, 1.807) is 6.07 Å². The Morgan fingerprint density at radius 1 is 1.37 bits per heavy atom. The summed E-state index contributed by atoms with van der Waals surface area (Å²) in [5.41, 5.74) is 8.65. The van der Waals surface area contributed by atoms with Gasteiger partial charge in [-0.25, -0.2) is 0 Å². The van der Waals surface area contributed by atoms with Gasteiger partial charge < -0.3 is 16.4 Å². The molecule has 4 nitrogen and oxygen atoms in total. The van der Waals surface area contributed by atoms with Gasteiger partial charge in [0.2, 0.25) is 0 Å². The van der Waals surface area contributed by atoms with Gasteiger partial charge in [-0.2, -0.15) is 0 Å². The largest absolute Gasteiger partial charge is 0.397 e. The molecular weight excluding hydrogens is 238 g/mol. The minimum atomic E-state index is -0.0760. The summed E-state index contributed by atoms with van der Waals surface area (Å²) >= 11 is 0. The molecular formula is C15H23N3O. The molecule has 104 valence electrons. The monoisotopic (exact) mass is 261 g/mol. The standard InChI is InChI=1S/C15H23N3O/c1-3-15(7-8-15)10-18-13-6-5-11(9-12(13)16)14(19)17-4-2/h5-6,9,18H,3-4,7-8,10,16H2,1-2H3,(H,17,19). The SMILES string of the molecule is CCNC(=O)c1ccc(NCC2(CC)CC2)c(N)c1. The molecule has 19 heavy (non-hydrogen) atoms. The van der Waals surface area contributed by atoms with Gasteiger partial charge in [0.25, 0.3) is 5.91 Å². The number of nitrogens with one attached hydrogen (secondary N) is 2. The Kier molecular flexibility index (Phi) is 3.98. The second kappa shape index (κ2) is 5.51. The molecule has 1 fully saturated rings. The summed E-state index contributed by atoms with van der Waals surface area (Å²) in [6, 6.07) is 5.44. The normalized spacial score (nSPS) is 15.9. The Morgan fingerprint density at radius 2 is 2.11 bits per heavy atom. The van der Waals surface area contributed by atoms with Gasteiger partial charge in [-0.15, -0.1) is 0 Å². The van der Waals surface area contributed by atoms with Crippen LogP contribution in [0.3, 0.4) is 0 Å². The Labute approximate surface area is 114 Å². The van der Waals surface area contributed by atoms with E-state index in [0.29, 0.717) is 23.2 Å². The van der Waals surface area contributed by atoms with Crippen molar-refractivity contribution in [1.29, 1.82) is 0 Å². The van der Waals surface area contributed by atoms with Crippen LogP contribution < -0.4 is 16.4 Å². The average Bonchev–Trinajstić information content (AvgIpc) is 3.18. The van der Waals surface area contributed by atoms with Gasteiger partial charge in [-0.3, -0.25) is 4.79 Å². The van der Waals surface area contributed by atoms with Gasteiger partial charge >= 0.3 is 0 Å². The molecule has 0 bridgehead atoms. The molecule has 0 radical (unpaired) electrons. The van der Waals surface area contributed by atoms with Gasteiger partial charge in [0.1, 0.15) is 0 Å². The zero-order valence-corrected chi connectivity index (χ0v) is 11.8. The number of carbonyl (C=O) groups is 1. The van der Waals surface area contributed by atoms with Crippen LogP contribution in [0.25, 0.3) is 0 Å². The summed E-state index contributed by atoms with van der Waals surface area (Å²) in [5, 5.41) is 6.18. The van der Waals surface area contributed by atoms with Crippen molar-refractivity contribution in [3.63, 3.8) is 0 Å². The van der Waals surface area contributed by atoms with E-state index in [9.17, 15) is 4.79 Å². The predicted molar refractivity (Wildman–Crippen MR) is 79.3 cm³/mol. The van der Waals surface area contributed by atoms with E-state index in [4.69, 9.17) is 5.73 Å². The molecule has 1 aromatic carbocycles. The summed E-state index contributed by atoms with van der Waals surface area (Å²) in [4.78, 5) is 11.7.